The van der Waals surface area contributed by atoms with Crippen molar-refractivity contribution in [2.75, 3.05) is 49.6 Å². The van der Waals surface area contributed by atoms with E-state index in [9.17, 15) is 9.59 Å². The number of carbonyl (C=O) groups is 2. The first-order valence-electron chi connectivity index (χ1n) is 9.52. The molecule has 0 radical (unpaired) electrons. The van der Waals surface area contributed by atoms with Crippen molar-refractivity contribution in [3.05, 3.63) is 53.6 Å². The van der Waals surface area contributed by atoms with E-state index in [4.69, 9.17) is 11.6 Å². The number of hydrogen-bond donors (Lipinski definition) is 2. The van der Waals surface area contributed by atoms with Gasteiger partial charge in [0.2, 0.25) is 5.91 Å². The summed E-state index contributed by atoms with van der Waals surface area (Å²) in [6.45, 7) is 2.92. The van der Waals surface area contributed by atoms with Crippen molar-refractivity contribution < 1.29 is 9.59 Å². The molecule has 29 heavy (non-hydrogen) atoms. The lowest BCUT2D eigenvalue weighted by Gasteiger charge is -2.22. The third kappa shape index (κ3) is 6.13. The predicted molar refractivity (Wildman–Crippen MR) is 120 cm³/mol. The number of nitrogens with one attached hydrogen (secondary N) is 2. The van der Waals surface area contributed by atoms with Crippen molar-refractivity contribution in [2.24, 2.45) is 0 Å². The number of hydrogen-bond acceptors (Lipinski definition) is 4. The van der Waals surface area contributed by atoms with Gasteiger partial charge in [-0.1, -0.05) is 35.9 Å². The monoisotopic (exact) mass is 432 g/mol. The highest BCUT2D eigenvalue weighted by Gasteiger charge is 2.21. The second-order valence-corrected chi connectivity index (χ2v) is 8.03. The zero-order chi connectivity index (χ0) is 20.6. The highest BCUT2D eigenvalue weighted by molar-refractivity contribution is 7.98. The fraction of sp³-hybridized carbons (Fsp3) is 0.333. The summed E-state index contributed by atoms with van der Waals surface area (Å²) in [6, 6.07) is 14.8. The topological polar surface area (TPSA) is 64.7 Å². The Morgan fingerprint density at radius 2 is 1.69 bits per heavy atom. The zero-order valence-corrected chi connectivity index (χ0v) is 17.9. The molecule has 154 valence electrons. The lowest BCUT2D eigenvalue weighted by molar-refractivity contribution is -0.117. The maximum absolute atomic E-state index is 12.7. The molecule has 1 heterocycles. The second kappa shape index (κ2) is 10.5. The lowest BCUT2D eigenvalue weighted by Crippen LogP contribution is -2.39. The third-order valence-corrected chi connectivity index (χ3v) is 5.86. The van der Waals surface area contributed by atoms with E-state index in [1.54, 1.807) is 23.9 Å². The summed E-state index contributed by atoms with van der Waals surface area (Å²) in [5.41, 5.74) is 1.44. The first kappa shape index (κ1) is 21.5. The molecule has 0 atom stereocenters. The molecule has 2 aromatic carbocycles. The Labute approximate surface area is 180 Å². The maximum Gasteiger partial charge on any atom is 0.321 e. The van der Waals surface area contributed by atoms with Crippen LogP contribution in [0, 0.1) is 0 Å². The number of rotatable bonds is 5. The standard InChI is InChI=1S/C21H25ClN4O2S/c1-29-19-10-5-4-9-18(19)24-21(28)26-12-6-11-25(13-14-26)15-20(27)23-17-8-3-2-7-16(17)22/h2-5,7-10H,6,11-15H2,1H3,(H,23,27)(H,24,28). The Balaban J connectivity index is 1.51. The van der Waals surface area contributed by atoms with Gasteiger partial charge in [-0.05, 0) is 36.9 Å². The van der Waals surface area contributed by atoms with Crippen molar-refractivity contribution in [3.63, 3.8) is 0 Å². The Bertz CT molecular complexity index is 864. The van der Waals surface area contributed by atoms with Crippen molar-refractivity contribution >= 4 is 46.7 Å². The van der Waals surface area contributed by atoms with Crippen molar-refractivity contribution in [2.45, 2.75) is 11.3 Å². The molecule has 2 N–H and O–H groups in total. The van der Waals surface area contributed by atoms with Gasteiger partial charge in [0.15, 0.2) is 0 Å². The molecule has 0 spiro atoms. The molecule has 3 rings (SSSR count). The molecule has 3 amide bonds. The summed E-state index contributed by atoms with van der Waals surface area (Å²) in [5.74, 6) is -0.107. The minimum Gasteiger partial charge on any atom is -0.324 e. The van der Waals surface area contributed by atoms with Gasteiger partial charge in [0.05, 0.1) is 22.9 Å². The van der Waals surface area contributed by atoms with Crippen LogP contribution in [0.25, 0.3) is 0 Å². The SMILES string of the molecule is CSc1ccccc1NC(=O)N1CCCN(CC(=O)Nc2ccccc2Cl)CC1. The van der Waals surface area contributed by atoms with Gasteiger partial charge in [-0.2, -0.15) is 0 Å². The van der Waals surface area contributed by atoms with Crippen LogP contribution in [0.1, 0.15) is 6.42 Å². The van der Waals surface area contributed by atoms with Crippen LogP contribution in [0.3, 0.4) is 0 Å². The van der Waals surface area contributed by atoms with Crippen LogP contribution in [0.4, 0.5) is 16.2 Å². The first-order valence-corrected chi connectivity index (χ1v) is 11.1. The Morgan fingerprint density at radius 1 is 0.966 bits per heavy atom. The highest BCUT2D eigenvalue weighted by Crippen LogP contribution is 2.25. The number of halogens is 1. The molecular weight excluding hydrogens is 408 g/mol. The summed E-state index contributed by atoms with van der Waals surface area (Å²) in [4.78, 5) is 30.0. The average molecular weight is 433 g/mol. The number of thioether (sulfide) groups is 1. The van der Waals surface area contributed by atoms with Gasteiger partial charge in [-0.25, -0.2) is 4.79 Å². The van der Waals surface area contributed by atoms with E-state index in [1.165, 1.54) is 0 Å². The largest absolute Gasteiger partial charge is 0.324 e. The van der Waals surface area contributed by atoms with Crippen LogP contribution in [-0.4, -0.2) is 60.7 Å². The second-order valence-electron chi connectivity index (χ2n) is 6.78. The number of amides is 3. The molecule has 1 aliphatic heterocycles. The maximum atomic E-state index is 12.7. The van der Waals surface area contributed by atoms with Gasteiger partial charge in [0.1, 0.15) is 0 Å². The molecule has 0 saturated carbocycles. The van der Waals surface area contributed by atoms with Gasteiger partial charge >= 0.3 is 6.03 Å². The number of para-hydroxylation sites is 2. The van der Waals surface area contributed by atoms with Crippen LogP contribution in [0.2, 0.25) is 5.02 Å². The molecule has 6 nitrogen and oxygen atoms in total. The minimum atomic E-state index is -0.107. The molecule has 0 bridgehead atoms. The minimum absolute atomic E-state index is 0.103. The molecule has 1 saturated heterocycles. The number of urea groups is 1. The Kier molecular flexibility index (Phi) is 7.80. The fourth-order valence-electron chi connectivity index (χ4n) is 3.23. The molecule has 2 aromatic rings. The zero-order valence-electron chi connectivity index (χ0n) is 16.4. The molecule has 0 aliphatic carbocycles. The number of nitrogens with zero attached hydrogens (tertiary/aromatic N) is 2. The quantitative estimate of drug-likeness (QED) is 0.693. The highest BCUT2D eigenvalue weighted by atomic mass is 35.5. The van der Waals surface area contributed by atoms with Crippen molar-refractivity contribution in [1.29, 1.82) is 0 Å². The molecule has 0 aromatic heterocycles. The molecular formula is C21H25ClN4O2S. The van der Waals surface area contributed by atoms with Crippen LogP contribution >= 0.6 is 23.4 Å². The predicted octanol–water partition coefficient (Wildman–Crippen LogP) is 4.24. The normalized spacial score (nSPS) is 14.9. The number of carbonyl (C=O) groups excluding carboxylic acids is 2. The van der Waals surface area contributed by atoms with Gasteiger partial charge in [-0.15, -0.1) is 11.8 Å². The number of anilines is 2. The molecule has 0 unspecified atom stereocenters. The summed E-state index contributed by atoms with van der Waals surface area (Å²) in [6.07, 6.45) is 2.81. The van der Waals surface area contributed by atoms with Gasteiger partial charge in [0.25, 0.3) is 0 Å². The molecule has 8 heteroatoms. The van der Waals surface area contributed by atoms with Gasteiger partial charge in [0, 0.05) is 31.1 Å². The smallest absolute Gasteiger partial charge is 0.321 e. The molecule has 1 aliphatic rings. The van der Waals surface area contributed by atoms with Gasteiger partial charge < -0.3 is 15.5 Å². The number of benzene rings is 2. The van der Waals surface area contributed by atoms with Crippen molar-refractivity contribution in [3.8, 4) is 0 Å². The Morgan fingerprint density at radius 3 is 2.45 bits per heavy atom. The third-order valence-electron chi connectivity index (χ3n) is 4.74. The summed E-state index contributed by atoms with van der Waals surface area (Å²) in [7, 11) is 0. The van der Waals surface area contributed by atoms with E-state index < -0.39 is 0 Å². The van der Waals surface area contributed by atoms with Gasteiger partial charge in [-0.3, -0.25) is 9.69 Å². The van der Waals surface area contributed by atoms with Crippen molar-refractivity contribution in [1.82, 2.24) is 9.80 Å². The molecule has 1 fully saturated rings. The summed E-state index contributed by atoms with van der Waals surface area (Å²) >= 11 is 7.70. The van der Waals surface area contributed by atoms with E-state index in [0.29, 0.717) is 30.3 Å². The summed E-state index contributed by atoms with van der Waals surface area (Å²) < 4.78 is 0. The fourth-order valence-corrected chi connectivity index (χ4v) is 3.97. The van der Waals surface area contributed by atoms with E-state index in [1.807, 2.05) is 47.6 Å². The average Bonchev–Trinajstić information content (AvgIpc) is 2.96. The lowest BCUT2D eigenvalue weighted by atomic mass is 10.3. The van der Waals surface area contributed by atoms with E-state index >= 15 is 0 Å². The van der Waals surface area contributed by atoms with E-state index in [-0.39, 0.29) is 18.5 Å². The van der Waals surface area contributed by atoms with E-state index in [0.717, 1.165) is 23.5 Å². The Hall–Kier alpha value is -2.22. The van der Waals surface area contributed by atoms with E-state index in [2.05, 4.69) is 15.5 Å². The van der Waals surface area contributed by atoms with Crippen LogP contribution in [-0.2, 0) is 4.79 Å². The van der Waals surface area contributed by atoms with Crippen LogP contribution in [0.15, 0.2) is 53.4 Å². The first-order chi connectivity index (χ1) is 14.1. The summed E-state index contributed by atoms with van der Waals surface area (Å²) in [5, 5.41) is 6.38. The van der Waals surface area contributed by atoms with Crippen LogP contribution in [0.5, 0.6) is 0 Å². The van der Waals surface area contributed by atoms with Crippen LogP contribution < -0.4 is 10.6 Å².